The van der Waals surface area contributed by atoms with Gasteiger partial charge in [-0.2, -0.15) is 0 Å². The molecule has 1 aromatic carbocycles. The van der Waals surface area contributed by atoms with Crippen LogP contribution < -0.4 is 11.1 Å². The Balaban J connectivity index is 1.76. The fourth-order valence-corrected chi connectivity index (χ4v) is 4.23. The molecule has 0 heterocycles. The first-order chi connectivity index (χ1) is 10.0. The first kappa shape index (κ1) is 14.6. The molecule has 0 spiro atoms. The van der Waals surface area contributed by atoms with Crippen molar-refractivity contribution in [3.63, 3.8) is 0 Å². The number of nitrogens with one attached hydrogen (secondary N) is 1. The minimum absolute atomic E-state index is 0.0913. The zero-order chi connectivity index (χ0) is 15.0. The van der Waals surface area contributed by atoms with E-state index in [-0.39, 0.29) is 5.91 Å². The quantitative estimate of drug-likeness (QED) is 0.878. The van der Waals surface area contributed by atoms with Crippen LogP contribution in [0.2, 0.25) is 0 Å². The fraction of sp³-hybridized carbons (Fsp3) is 0.611. The van der Waals surface area contributed by atoms with Crippen LogP contribution in [-0.4, -0.2) is 18.0 Å². The summed E-state index contributed by atoms with van der Waals surface area (Å²) in [5.41, 5.74) is 9.17. The molecule has 2 fully saturated rings. The van der Waals surface area contributed by atoms with Gasteiger partial charge in [0.05, 0.1) is 0 Å². The van der Waals surface area contributed by atoms with Crippen LogP contribution in [-0.2, 0) is 0 Å². The molecule has 0 aromatic heterocycles. The maximum Gasteiger partial charge on any atom is 0.251 e. The van der Waals surface area contributed by atoms with Crippen molar-refractivity contribution in [3.05, 3.63) is 34.9 Å². The van der Waals surface area contributed by atoms with Gasteiger partial charge in [0.25, 0.3) is 5.91 Å². The van der Waals surface area contributed by atoms with Crippen LogP contribution in [0.15, 0.2) is 18.2 Å². The van der Waals surface area contributed by atoms with Crippen LogP contribution in [0.5, 0.6) is 0 Å². The monoisotopic (exact) mass is 286 g/mol. The van der Waals surface area contributed by atoms with Crippen LogP contribution in [0.1, 0.15) is 53.6 Å². The van der Waals surface area contributed by atoms with Crippen LogP contribution in [0.4, 0.5) is 0 Å². The number of nitrogens with two attached hydrogens (primary N) is 1. The second-order valence-electron chi connectivity index (χ2n) is 7.00. The van der Waals surface area contributed by atoms with Gasteiger partial charge in [-0.05, 0) is 63.0 Å². The van der Waals surface area contributed by atoms with Gasteiger partial charge >= 0.3 is 0 Å². The number of benzene rings is 1. The second kappa shape index (κ2) is 5.80. The molecule has 2 aliphatic rings. The summed E-state index contributed by atoms with van der Waals surface area (Å²) in [6.07, 6.45) is 5.84. The molecule has 3 rings (SSSR count). The van der Waals surface area contributed by atoms with Gasteiger partial charge in [-0.1, -0.05) is 24.1 Å². The van der Waals surface area contributed by atoms with E-state index in [2.05, 4.69) is 11.4 Å². The third-order valence-corrected chi connectivity index (χ3v) is 5.31. The van der Waals surface area contributed by atoms with Crippen molar-refractivity contribution < 1.29 is 4.79 Å². The SMILES string of the molecule is Cc1ccc(C)c(C(=O)NC2C3CCCC2CC(N)C3)c1. The summed E-state index contributed by atoms with van der Waals surface area (Å²) in [6, 6.07) is 6.73. The van der Waals surface area contributed by atoms with E-state index in [4.69, 9.17) is 5.73 Å². The molecule has 3 N–H and O–H groups in total. The van der Waals surface area contributed by atoms with Crippen molar-refractivity contribution in [2.75, 3.05) is 0 Å². The Morgan fingerprint density at radius 2 is 1.86 bits per heavy atom. The molecule has 2 aliphatic carbocycles. The summed E-state index contributed by atoms with van der Waals surface area (Å²) >= 11 is 0. The van der Waals surface area contributed by atoms with Crippen molar-refractivity contribution in [1.29, 1.82) is 0 Å². The number of carbonyl (C=O) groups is 1. The lowest BCUT2D eigenvalue weighted by atomic mass is 9.67. The van der Waals surface area contributed by atoms with Gasteiger partial charge < -0.3 is 11.1 Å². The molecule has 1 aromatic rings. The average Bonchev–Trinajstić information content (AvgIpc) is 2.42. The van der Waals surface area contributed by atoms with E-state index < -0.39 is 0 Å². The number of rotatable bonds is 2. The average molecular weight is 286 g/mol. The number of hydrogen-bond acceptors (Lipinski definition) is 2. The first-order valence-corrected chi connectivity index (χ1v) is 8.18. The molecule has 3 heteroatoms. The minimum atomic E-state index is 0.0913. The molecular formula is C18H26N2O. The van der Waals surface area contributed by atoms with Crippen molar-refractivity contribution in [2.45, 2.75) is 58.0 Å². The maximum atomic E-state index is 12.7. The summed E-state index contributed by atoms with van der Waals surface area (Å²) in [5.74, 6) is 1.23. The predicted octanol–water partition coefficient (Wildman–Crippen LogP) is 2.94. The summed E-state index contributed by atoms with van der Waals surface area (Å²) in [5, 5.41) is 3.33. The van der Waals surface area contributed by atoms with E-state index in [1.54, 1.807) is 0 Å². The highest BCUT2D eigenvalue weighted by Crippen LogP contribution is 2.39. The summed E-state index contributed by atoms with van der Waals surface area (Å²) < 4.78 is 0. The van der Waals surface area contributed by atoms with E-state index in [0.29, 0.717) is 23.9 Å². The lowest BCUT2D eigenvalue weighted by Gasteiger charge is -2.45. The highest BCUT2D eigenvalue weighted by Gasteiger charge is 2.40. The van der Waals surface area contributed by atoms with E-state index in [1.165, 1.54) is 19.3 Å². The molecule has 3 nitrogen and oxygen atoms in total. The van der Waals surface area contributed by atoms with Crippen LogP contribution in [0, 0.1) is 25.7 Å². The zero-order valence-electron chi connectivity index (χ0n) is 13.1. The summed E-state index contributed by atoms with van der Waals surface area (Å²) in [4.78, 5) is 12.7. The van der Waals surface area contributed by atoms with E-state index in [9.17, 15) is 4.79 Å². The molecule has 21 heavy (non-hydrogen) atoms. The molecule has 114 valence electrons. The zero-order valence-corrected chi connectivity index (χ0v) is 13.1. The van der Waals surface area contributed by atoms with Gasteiger partial charge in [0, 0.05) is 17.6 Å². The lowest BCUT2D eigenvalue weighted by Crippen LogP contribution is -2.53. The van der Waals surface area contributed by atoms with Gasteiger partial charge in [-0.15, -0.1) is 0 Å². The Morgan fingerprint density at radius 3 is 2.52 bits per heavy atom. The summed E-state index contributed by atoms with van der Waals surface area (Å²) in [7, 11) is 0. The lowest BCUT2D eigenvalue weighted by molar-refractivity contribution is 0.0755. The smallest absolute Gasteiger partial charge is 0.251 e. The molecule has 1 amide bonds. The Kier molecular flexibility index (Phi) is 4.03. The number of fused-ring (bicyclic) bond motifs is 2. The molecule has 0 radical (unpaired) electrons. The van der Waals surface area contributed by atoms with E-state index >= 15 is 0 Å². The molecule has 0 saturated heterocycles. The normalized spacial score (nSPS) is 31.8. The van der Waals surface area contributed by atoms with Crippen LogP contribution >= 0.6 is 0 Å². The van der Waals surface area contributed by atoms with E-state index in [1.807, 2.05) is 26.0 Å². The van der Waals surface area contributed by atoms with Crippen molar-refractivity contribution >= 4 is 5.91 Å². The molecular weight excluding hydrogens is 260 g/mol. The summed E-state index contributed by atoms with van der Waals surface area (Å²) in [6.45, 7) is 4.04. The van der Waals surface area contributed by atoms with E-state index in [0.717, 1.165) is 29.5 Å². The largest absolute Gasteiger partial charge is 0.349 e. The second-order valence-corrected chi connectivity index (χ2v) is 7.00. The highest BCUT2D eigenvalue weighted by molar-refractivity contribution is 5.96. The minimum Gasteiger partial charge on any atom is -0.349 e. The number of hydrogen-bond donors (Lipinski definition) is 2. The molecule has 2 saturated carbocycles. The van der Waals surface area contributed by atoms with Crippen LogP contribution in [0.25, 0.3) is 0 Å². The van der Waals surface area contributed by atoms with Crippen molar-refractivity contribution in [1.82, 2.24) is 5.32 Å². The van der Waals surface area contributed by atoms with Crippen molar-refractivity contribution in [3.8, 4) is 0 Å². The Labute approximate surface area is 127 Å². The standard InChI is InChI=1S/C18H26N2O/c1-11-6-7-12(2)16(8-11)18(21)20-17-13-4-3-5-14(17)10-15(19)9-13/h6-8,13-15,17H,3-5,9-10,19H2,1-2H3,(H,20,21). The fourth-order valence-electron chi connectivity index (χ4n) is 4.23. The Bertz CT molecular complexity index is 526. The number of carbonyl (C=O) groups excluding carboxylic acids is 1. The maximum absolute atomic E-state index is 12.7. The predicted molar refractivity (Wildman–Crippen MR) is 85.2 cm³/mol. The highest BCUT2D eigenvalue weighted by atomic mass is 16.1. The Hall–Kier alpha value is -1.35. The first-order valence-electron chi connectivity index (χ1n) is 8.18. The van der Waals surface area contributed by atoms with Crippen molar-refractivity contribution in [2.24, 2.45) is 17.6 Å². The van der Waals surface area contributed by atoms with Gasteiger partial charge in [0.2, 0.25) is 0 Å². The van der Waals surface area contributed by atoms with Gasteiger partial charge in [-0.25, -0.2) is 0 Å². The topological polar surface area (TPSA) is 55.1 Å². The van der Waals surface area contributed by atoms with Gasteiger partial charge in [-0.3, -0.25) is 4.79 Å². The van der Waals surface area contributed by atoms with Crippen LogP contribution in [0.3, 0.4) is 0 Å². The van der Waals surface area contributed by atoms with Gasteiger partial charge in [0.1, 0.15) is 0 Å². The molecule has 0 aliphatic heterocycles. The number of aryl methyl sites for hydroxylation is 2. The number of amides is 1. The molecule has 2 atom stereocenters. The Morgan fingerprint density at radius 1 is 1.19 bits per heavy atom. The van der Waals surface area contributed by atoms with Gasteiger partial charge in [0.15, 0.2) is 0 Å². The molecule has 2 bridgehead atoms. The molecule has 2 unspecified atom stereocenters. The third-order valence-electron chi connectivity index (χ3n) is 5.31. The third kappa shape index (κ3) is 2.98.